The van der Waals surface area contributed by atoms with Crippen LogP contribution in [-0.2, 0) is 31.9 Å². The van der Waals surface area contributed by atoms with Gasteiger partial charge >= 0.3 is 0 Å². The van der Waals surface area contributed by atoms with Crippen LogP contribution in [0.25, 0.3) is 0 Å². The van der Waals surface area contributed by atoms with Gasteiger partial charge in [0.15, 0.2) is 5.82 Å². The summed E-state index contributed by atoms with van der Waals surface area (Å²) in [6, 6.07) is 16.7. The summed E-state index contributed by atoms with van der Waals surface area (Å²) in [4.78, 5) is 68.1. The number of ether oxygens (including phenoxy) is 2. The molecule has 1 unspecified atom stereocenters. The van der Waals surface area contributed by atoms with E-state index in [0.717, 1.165) is 62.4 Å². The Bertz CT molecular complexity index is 2500. The number of nitrogens with zero attached hydrogens (tertiary/aromatic N) is 6. The van der Waals surface area contributed by atoms with Crippen LogP contribution in [0.3, 0.4) is 0 Å². The van der Waals surface area contributed by atoms with Crippen molar-refractivity contribution in [2.24, 2.45) is 0 Å². The van der Waals surface area contributed by atoms with E-state index in [0.29, 0.717) is 89.8 Å². The lowest BCUT2D eigenvalue weighted by Crippen LogP contribution is -2.54. The van der Waals surface area contributed by atoms with Gasteiger partial charge in [-0.2, -0.15) is 4.98 Å². The maximum absolute atomic E-state index is 13.3. The van der Waals surface area contributed by atoms with Gasteiger partial charge in [-0.15, -0.1) is 0 Å². The summed E-state index contributed by atoms with van der Waals surface area (Å²) in [5, 5.41) is 9.98. The van der Waals surface area contributed by atoms with Crippen LogP contribution in [0, 0.1) is 0 Å². The molecule has 344 valence electrons. The molecule has 4 amide bonds. The number of amides is 4. The van der Waals surface area contributed by atoms with E-state index in [1.807, 2.05) is 35.2 Å². The molecule has 3 fully saturated rings. The number of hydrogen-bond donors (Lipinski definition) is 3. The first-order valence-corrected chi connectivity index (χ1v) is 25.4. The highest BCUT2D eigenvalue weighted by Gasteiger charge is 2.40. The molecule has 3 N–H and O–H groups in total. The first-order valence-electron chi connectivity index (χ1n) is 22.4. The Labute approximate surface area is 384 Å². The zero-order chi connectivity index (χ0) is 45.8. The second-order valence-electron chi connectivity index (χ2n) is 17.3. The normalized spacial score (nSPS) is 18.4. The third-order valence-corrected chi connectivity index (χ3v) is 14.7. The van der Waals surface area contributed by atoms with Crippen LogP contribution in [0.15, 0.2) is 60.8 Å². The Morgan fingerprint density at radius 3 is 2.43 bits per heavy atom. The Balaban J connectivity index is 0.802. The number of fused-ring (bicyclic) bond motifs is 1. The van der Waals surface area contributed by atoms with Crippen molar-refractivity contribution in [1.82, 2.24) is 30.0 Å². The number of anilines is 5. The SMILES string of the molecule is CCc1cc(Nc2ncc(Cl)c(Nc3ccccc3P(C)(C)=O)n2)c(OC)cc1N1CCC(N2CCN(C(=O)CCCOc3cccc4c3CN(C3CCC(=O)NC3=O)C4=O)CC2)CC1. The lowest BCUT2D eigenvalue weighted by molar-refractivity contribution is -0.137. The van der Waals surface area contributed by atoms with Crippen LogP contribution in [0.1, 0.15) is 66.9 Å². The van der Waals surface area contributed by atoms with E-state index in [9.17, 15) is 23.7 Å². The molecule has 65 heavy (non-hydrogen) atoms. The summed E-state index contributed by atoms with van der Waals surface area (Å²) in [5.41, 5.74) is 4.96. The minimum Gasteiger partial charge on any atom is -0.494 e. The zero-order valence-electron chi connectivity index (χ0n) is 37.4. The van der Waals surface area contributed by atoms with Crippen LogP contribution in [0.5, 0.6) is 11.5 Å². The van der Waals surface area contributed by atoms with E-state index < -0.39 is 19.1 Å². The number of carbonyl (C=O) groups excluding carboxylic acids is 4. The molecule has 5 heterocycles. The number of para-hydroxylation sites is 1. The second kappa shape index (κ2) is 19.8. The van der Waals surface area contributed by atoms with Gasteiger partial charge in [0.25, 0.3) is 5.91 Å². The third-order valence-electron chi connectivity index (χ3n) is 12.8. The van der Waals surface area contributed by atoms with Crippen molar-refractivity contribution in [3.8, 4) is 11.5 Å². The van der Waals surface area contributed by atoms with Crippen molar-refractivity contribution < 1.29 is 33.2 Å². The van der Waals surface area contributed by atoms with Crippen LogP contribution in [-0.4, -0.2) is 127 Å². The molecule has 4 aliphatic rings. The number of aromatic nitrogens is 2. The van der Waals surface area contributed by atoms with E-state index in [-0.39, 0.29) is 30.7 Å². The lowest BCUT2D eigenvalue weighted by atomic mass is 9.99. The topological polar surface area (TPSA) is 179 Å². The first-order chi connectivity index (χ1) is 31.3. The van der Waals surface area contributed by atoms with Gasteiger partial charge in [0, 0.05) is 86.3 Å². The number of aryl methyl sites for hydroxylation is 1. The molecular weight excluding hydrogens is 869 g/mol. The Morgan fingerprint density at radius 2 is 1.71 bits per heavy atom. The van der Waals surface area contributed by atoms with Gasteiger partial charge in [-0.25, -0.2) is 4.98 Å². The van der Waals surface area contributed by atoms with Crippen LogP contribution in [0.2, 0.25) is 5.02 Å². The van der Waals surface area contributed by atoms with E-state index in [1.165, 1.54) is 16.7 Å². The molecule has 0 aliphatic carbocycles. The molecule has 1 atom stereocenters. The van der Waals surface area contributed by atoms with Crippen LogP contribution < -0.4 is 35.6 Å². The molecule has 0 radical (unpaired) electrons. The summed E-state index contributed by atoms with van der Waals surface area (Å²) in [6.45, 7) is 11.0. The molecule has 16 nitrogen and oxygen atoms in total. The van der Waals surface area contributed by atoms with Crippen LogP contribution >= 0.6 is 18.7 Å². The fourth-order valence-corrected chi connectivity index (χ4v) is 10.6. The van der Waals surface area contributed by atoms with Gasteiger partial charge in [0.05, 0.1) is 37.8 Å². The standard InChI is InChI=1S/C47H57ClN9O7P/c1-5-30-26-36(51-47-49-28-34(48)44(53-47)50-35-11-6-7-13-41(35)65(3,4)62)40(63-2)27-38(30)55-19-17-31(18-20-55)54-21-23-56(24-22-54)43(59)14-9-25-64-39-12-8-10-32-33(39)29-57(46(32)61)37-15-16-42(58)52-45(37)60/h6-8,10-13,26-28,31,37H,5,9,14-25,29H2,1-4H3,(H,52,58,60)(H2,49,50,51,53). The highest BCUT2D eigenvalue weighted by molar-refractivity contribution is 7.70. The summed E-state index contributed by atoms with van der Waals surface area (Å²) in [6.07, 6.45) is 5.79. The average Bonchev–Trinajstić information content (AvgIpc) is 3.64. The van der Waals surface area contributed by atoms with Crippen molar-refractivity contribution in [3.63, 3.8) is 0 Å². The summed E-state index contributed by atoms with van der Waals surface area (Å²) < 4.78 is 25.0. The number of benzene rings is 3. The fraction of sp³-hybridized carbons (Fsp3) is 0.447. The number of rotatable bonds is 15. The molecule has 4 aliphatic heterocycles. The monoisotopic (exact) mass is 925 g/mol. The third kappa shape index (κ3) is 10.2. The van der Waals surface area contributed by atoms with Crippen molar-refractivity contribution in [2.45, 2.75) is 70.5 Å². The van der Waals surface area contributed by atoms with Gasteiger partial charge in [0.1, 0.15) is 29.7 Å². The Hall–Kier alpha value is -5.70. The largest absolute Gasteiger partial charge is 0.494 e. The van der Waals surface area contributed by atoms with E-state index >= 15 is 0 Å². The van der Waals surface area contributed by atoms with Crippen molar-refractivity contribution >= 4 is 76.5 Å². The summed E-state index contributed by atoms with van der Waals surface area (Å²) >= 11 is 6.53. The second-order valence-corrected chi connectivity index (χ2v) is 20.9. The minimum absolute atomic E-state index is 0.117. The molecular formula is C47H57ClN9O7P. The lowest BCUT2D eigenvalue weighted by Gasteiger charge is -2.43. The maximum atomic E-state index is 13.3. The van der Waals surface area contributed by atoms with Gasteiger partial charge in [0.2, 0.25) is 23.7 Å². The molecule has 3 saturated heterocycles. The first kappa shape index (κ1) is 45.9. The smallest absolute Gasteiger partial charge is 0.255 e. The molecule has 18 heteroatoms. The number of nitrogens with one attached hydrogen (secondary N) is 3. The highest BCUT2D eigenvalue weighted by Crippen LogP contribution is 2.40. The maximum Gasteiger partial charge on any atom is 0.255 e. The summed E-state index contributed by atoms with van der Waals surface area (Å²) in [7, 11) is -0.914. The highest BCUT2D eigenvalue weighted by atomic mass is 35.5. The predicted octanol–water partition coefficient (Wildman–Crippen LogP) is 6.17. The Morgan fingerprint density at radius 1 is 0.938 bits per heavy atom. The minimum atomic E-state index is -2.57. The van der Waals surface area contributed by atoms with Gasteiger partial charge in [-0.05, 0) is 81.3 Å². The number of halogens is 1. The average molecular weight is 926 g/mol. The molecule has 1 aromatic heterocycles. The molecule has 4 aromatic rings. The summed E-state index contributed by atoms with van der Waals surface area (Å²) in [5.74, 6) is 1.08. The predicted molar refractivity (Wildman–Crippen MR) is 252 cm³/mol. The zero-order valence-corrected chi connectivity index (χ0v) is 39.1. The van der Waals surface area contributed by atoms with Gasteiger partial charge in [-0.1, -0.05) is 36.7 Å². The van der Waals surface area contributed by atoms with E-state index in [2.05, 4.69) is 54.8 Å². The fourth-order valence-electron chi connectivity index (χ4n) is 9.33. The molecule has 0 spiro atoms. The quantitative estimate of drug-likeness (QED) is 0.0702. The van der Waals surface area contributed by atoms with Gasteiger partial charge in [-0.3, -0.25) is 29.4 Å². The van der Waals surface area contributed by atoms with Gasteiger partial charge < -0.3 is 39.4 Å². The van der Waals surface area contributed by atoms with E-state index in [1.54, 1.807) is 32.6 Å². The Kier molecular flexibility index (Phi) is 14.0. The molecule has 8 rings (SSSR count). The van der Waals surface area contributed by atoms with E-state index in [4.69, 9.17) is 21.1 Å². The number of piperidine rings is 2. The molecule has 0 saturated carbocycles. The van der Waals surface area contributed by atoms with Crippen LogP contribution in [0.4, 0.5) is 28.8 Å². The number of hydrogen-bond acceptors (Lipinski definition) is 13. The number of piperazine rings is 1. The van der Waals surface area contributed by atoms with Crippen molar-refractivity contribution in [2.75, 3.05) is 81.8 Å². The van der Waals surface area contributed by atoms with Crippen molar-refractivity contribution in [1.29, 1.82) is 0 Å². The number of carbonyl (C=O) groups is 4. The molecule has 0 bridgehead atoms. The number of methoxy groups -OCH3 is 1. The molecule has 3 aromatic carbocycles. The number of imide groups is 1. The van der Waals surface area contributed by atoms with Crippen molar-refractivity contribution in [3.05, 3.63) is 82.5 Å².